The molecular weight excluding hydrogens is 416 g/mol. The number of carboxylic acid groups (broad SMARTS) is 2. The monoisotopic (exact) mass is 448 g/mol. The largest absolute Gasteiger partial charge is 0.481 e. The van der Waals surface area contributed by atoms with Gasteiger partial charge >= 0.3 is 11.9 Å². The highest BCUT2D eigenvalue weighted by atomic mass is 16.4. The Labute approximate surface area is 179 Å². The molecule has 0 rings (SSSR count). The molecule has 0 saturated carbocycles. The van der Waals surface area contributed by atoms with E-state index in [1.54, 1.807) is 13.8 Å². The summed E-state index contributed by atoms with van der Waals surface area (Å²) in [6.45, 7) is 3.80. The Bertz CT molecular complexity index is 656. The molecule has 0 aromatic rings. The van der Waals surface area contributed by atoms with Gasteiger partial charge in [0.2, 0.25) is 17.7 Å². The number of aliphatic carboxylic acids is 2. The Hall–Kier alpha value is -2.77. The number of nitrogens with two attached hydrogens (primary N) is 1. The van der Waals surface area contributed by atoms with Gasteiger partial charge in [-0.1, -0.05) is 20.3 Å². The van der Waals surface area contributed by atoms with Crippen LogP contribution in [-0.2, 0) is 24.0 Å². The summed E-state index contributed by atoms with van der Waals surface area (Å²) in [6, 6.07) is -5.63. The third-order valence-corrected chi connectivity index (χ3v) is 4.65. The summed E-state index contributed by atoms with van der Waals surface area (Å²) in [4.78, 5) is 59.4. The van der Waals surface area contributed by atoms with Crippen molar-refractivity contribution >= 4 is 29.7 Å². The number of rotatable bonds is 14. The van der Waals surface area contributed by atoms with Crippen molar-refractivity contribution in [1.29, 1.82) is 0 Å². The lowest BCUT2D eigenvalue weighted by molar-refractivity contribution is -0.144. The van der Waals surface area contributed by atoms with Gasteiger partial charge in [0.05, 0.1) is 12.7 Å². The van der Waals surface area contributed by atoms with E-state index >= 15 is 0 Å². The molecule has 0 bridgehead atoms. The number of carbonyl (C=O) groups is 5. The molecule has 0 aromatic heterocycles. The molecule has 6 unspecified atom stereocenters. The second-order valence-corrected chi connectivity index (χ2v) is 7.22. The maximum Gasteiger partial charge on any atom is 0.326 e. The van der Waals surface area contributed by atoms with Crippen molar-refractivity contribution in [3.05, 3.63) is 0 Å². The molecule has 0 fully saturated rings. The number of carbonyl (C=O) groups excluding carboxylic acids is 3. The van der Waals surface area contributed by atoms with Gasteiger partial charge in [-0.05, 0) is 19.3 Å². The molecule has 0 aliphatic carbocycles. The Kier molecular flexibility index (Phi) is 12.3. The van der Waals surface area contributed by atoms with E-state index in [0.717, 1.165) is 0 Å². The maximum absolute atomic E-state index is 12.6. The molecule has 13 heteroatoms. The van der Waals surface area contributed by atoms with Gasteiger partial charge < -0.3 is 42.1 Å². The quantitative estimate of drug-likeness (QED) is 0.135. The van der Waals surface area contributed by atoms with Crippen molar-refractivity contribution in [2.24, 2.45) is 11.7 Å². The van der Waals surface area contributed by atoms with E-state index < -0.39 is 78.9 Å². The van der Waals surface area contributed by atoms with E-state index in [4.69, 9.17) is 15.9 Å². The molecule has 31 heavy (non-hydrogen) atoms. The molecule has 0 saturated heterocycles. The Morgan fingerprint density at radius 2 is 1.45 bits per heavy atom. The molecule has 0 aromatic carbocycles. The molecule has 0 aliphatic heterocycles. The minimum Gasteiger partial charge on any atom is -0.481 e. The zero-order chi connectivity index (χ0) is 24.3. The summed E-state index contributed by atoms with van der Waals surface area (Å²) < 4.78 is 0. The number of aliphatic hydroxyl groups is 2. The molecule has 0 heterocycles. The van der Waals surface area contributed by atoms with Gasteiger partial charge in [-0.25, -0.2) is 4.79 Å². The van der Waals surface area contributed by atoms with Gasteiger partial charge in [0.1, 0.15) is 24.2 Å². The molecule has 6 atom stereocenters. The van der Waals surface area contributed by atoms with Gasteiger partial charge in [-0.3, -0.25) is 19.2 Å². The Balaban J connectivity index is 5.52. The fourth-order valence-corrected chi connectivity index (χ4v) is 2.48. The van der Waals surface area contributed by atoms with Gasteiger partial charge in [-0.2, -0.15) is 0 Å². The molecular formula is C18H32N4O9. The number of amides is 3. The van der Waals surface area contributed by atoms with E-state index in [1.165, 1.54) is 6.92 Å². The van der Waals surface area contributed by atoms with Crippen LogP contribution in [0.25, 0.3) is 0 Å². The van der Waals surface area contributed by atoms with Crippen LogP contribution in [0.3, 0.4) is 0 Å². The van der Waals surface area contributed by atoms with Crippen LogP contribution < -0.4 is 21.7 Å². The summed E-state index contributed by atoms with van der Waals surface area (Å²) in [6.07, 6.45) is -1.87. The van der Waals surface area contributed by atoms with Crippen LogP contribution in [0.4, 0.5) is 0 Å². The molecule has 178 valence electrons. The van der Waals surface area contributed by atoms with Crippen LogP contribution in [-0.4, -0.2) is 87.0 Å². The van der Waals surface area contributed by atoms with E-state index in [9.17, 15) is 34.2 Å². The van der Waals surface area contributed by atoms with E-state index in [1.807, 2.05) is 0 Å². The van der Waals surface area contributed by atoms with Gasteiger partial charge in [0, 0.05) is 6.42 Å². The van der Waals surface area contributed by atoms with Crippen LogP contribution in [0, 0.1) is 5.92 Å². The van der Waals surface area contributed by atoms with Crippen LogP contribution in [0.2, 0.25) is 0 Å². The Morgan fingerprint density at radius 1 is 0.903 bits per heavy atom. The fraction of sp³-hybridized carbons (Fsp3) is 0.722. The van der Waals surface area contributed by atoms with Crippen LogP contribution in [0.5, 0.6) is 0 Å². The first-order valence-corrected chi connectivity index (χ1v) is 9.75. The molecule has 0 radical (unpaired) electrons. The van der Waals surface area contributed by atoms with E-state index in [2.05, 4.69) is 16.0 Å². The predicted molar refractivity (Wildman–Crippen MR) is 106 cm³/mol. The van der Waals surface area contributed by atoms with Crippen molar-refractivity contribution < 1.29 is 44.4 Å². The van der Waals surface area contributed by atoms with E-state index in [0.29, 0.717) is 6.42 Å². The number of hydrogen-bond donors (Lipinski definition) is 8. The highest BCUT2D eigenvalue weighted by Crippen LogP contribution is 2.09. The van der Waals surface area contributed by atoms with Crippen LogP contribution >= 0.6 is 0 Å². The Morgan fingerprint density at radius 3 is 1.87 bits per heavy atom. The van der Waals surface area contributed by atoms with Crippen molar-refractivity contribution in [3.63, 3.8) is 0 Å². The average Bonchev–Trinajstić information content (AvgIpc) is 2.70. The number of nitrogens with one attached hydrogen (secondary N) is 3. The van der Waals surface area contributed by atoms with Crippen molar-refractivity contribution in [2.45, 2.75) is 70.3 Å². The maximum atomic E-state index is 12.6. The minimum atomic E-state index is -1.56. The number of aliphatic hydroxyl groups excluding tert-OH is 2. The summed E-state index contributed by atoms with van der Waals surface area (Å²) in [5.74, 6) is -5.87. The minimum absolute atomic E-state index is 0.365. The van der Waals surface area contributed by atoms with Crippen molar-refractivity contribution in [1.82, 2.24) is 16.0 Å². The fourth-order valence-electron chi connectivity index (χ4n) is 2.48. The third-order valence-electron chi connectivity index (χ3n) is 4.65. The zero-order valence-corrected chi connectivity index (χ0v) is 17.7. The molecule has 0 aliphatic rings. The van der Waals surface area contributed by atoms with Crippen LogP contribution in [0.15, 0.2) is 0 Å². The van der Waals surface area contributed by atoms with Crippen LogP contribution in [0.1, 0.15) is 40.0 Å². The molecule has 3 amide bonds. The number of hydrogen-bond acceptors (Lipinski definition) is 8. The highest BCUT2D eigenvalue weighted by molar-refractivity contribution is 5.94. The summed E-state index contributed by atoms with van der Waals surface area (Å²) >= 11 is 0. The molecule has 9 N–H and O–H groups in total. The first-order valence-electron chi connectivity index (χ1n) is 9.75. The average molecular weight is 448 g/mol. The van der Waals surface area contributed by atoms with Crippen molar-refractivity contribution in [2.75, 3.05) is 6.61 Å². The summed E-state index contributed by atoms with van der Waals surface area (Å²) in [5, 5.41) is 43.6. The molecule has 0 spiro atoms. The topological polar surface area (TPSA) is 228 Å². The smallest absolute Gasteiger partial charge is 0.326 e. The predicted octanol–water partition coefficient (Wildman–Crippen LogP) is -2.86. The molecule has 13 nitrogen and oxygen atoms in total. The van der Waals surface area contributed by atoms with Gasteiger partial charge in [-0.15, -0.1) is 0 Å². The number of carboxylic acids is 2. The summed E-state index contributed by atoms with van der Waals surface area (Å²) in [5.41, 5.74) is 5.36. The lowest BCUT2D eigenvalue weighted by Crippen LogP contribution is -2.60. The lowest BCUT2D eigenvalue weighted by atomic mass is 9.98. The first kappa shape index (κ1) is 28.2. The second kappa shape index (κ2) is 13.5. The van der Waals surface area contributed by atoms with Gasteiger partial charge in [0.15, 0.2) is 0 Å². The van der Waals surface area contributed by atoms with E-state index in [-0.39, 0.29) is 6.42 Å². The van der Waals surface area contributed by atoms with Crippen molar-refractivity contribution in [3.8, 4) is 0 Å². The standard InChI is InChI=1S/C18H32N4O9/c1-4-8(2)13(18(30)31)21-16(28)11(5-6-12(25)26)20-17(29)14(9(3)24)22-15(27)10(19)7-23/h8-11,13-14,23-24H,4-7,19H2,1-3H3,(H,20,29)(H,21,28)(H,22,27)(H,25,26)(H,30,31). The first-order chi connectivity index (χ1) is 14.3. The third kappa shape index (κ3) is 9.72. The normalized spacial score (nSPS) is 16.7. The summed E-state index contributed by atoms with van der Waals surface area (Å²) in [7, 11) is 0. The second-order valence-electron chi connectivity index (χ2n) is 7.22. The SMILES string of the molecule is CCC(C)C(NC(=O)C(CCC(=O)O)NC(=O)C(NC(=O)C(N)CO)C(C)O)C(=O)O. The zero-order valence-electron chi connectivity index (χ0n) is 17.7. The highest BCUT2D eigenvalue weighted by Gasteiger charge is 2.33. The van der Waals surface area contributed by atoms with Gasteiger partial charge in [0.25, 0.3) is 0 Å². The lowest BCUT2D eigenvalue weighted by Gasteiger charge is -2.27.